The summed E-state index contributed by atoms with van der Waals surface area (Å²) >= 11 is 0. The SMILES string of the molecule is Cc1cccc2nc(C(=O)N3CCO[C@H]4CCCC[C@@H]43)cn12. The molecule has 2 aromatic heterocycles. The highest BCUT2D eigenvalue weighted by molar-refractivity contribution is 5.93. The molecule has 0 unspecified atom stereocenters. The summed E-state index contributed by atoms with van der Waals surface area (Å²) in [7, 11) is 0. The van der Waals surface area contributed by atoms with Crippen LogP contribution in [0, 0.1) is 6.92 Å². The molecule has 5 heteroatoms. The van der Waals surface area contributed by atoms with Crippen LogP contribution in [-0.2, 0) is 4.74 Å². The quantitative estimate of drug-likeness (QED) is 0.812. The summed E-state index contributed by atoms with van der Waals surface area (Å²) in [6.45, 7) is 3.33. The smallest absolute Gasteiger partial charge is 0.274 e. The maximum Gasteiger partial charge on any atom is 0.274 e. The number of amides is 1. The van der Waals surface area contributed by atoms with Crippen molar-refractivity contribution in [1.29, 1.82) is 0 Å². The van der Waals surface area contributed by atoms with Gasteiger partial charge in [-0.1, -0.05) is 18.9 Å². The molecule has 2 atom stereocenters. The third kappa shape index (κ3) is 2.20. The number of imidazole rings is 1. The molecular formula is C17H21N3O2. The molecule has 3 heterocycles. The van der Waals surface area contributed by atoms with Crippen LogP contribution in [0.3, 0.4) is 0 Å². The van der Waals surface area contributed by atoms with E-state index >= 15 is 0 Å². The Balaban J connectivity index is 1.65. The number of carbonyl (C=O) groups is 1. The number of aryl methyl sites for hydroxylation is 1. The van der Waals surface area contributed by atoms with Crippen molar-refractivity contribution in [1.82, 2.24) is 14.3 Å². The van der Waals surface area contributed by atoms with Crippen LogP contribution in [0.5, 0.6) is 0 Å². The Morgan fingerprint density at radius 1 is 1.32 bits per heavy atom. The number of morpholine rings is 1. The van der Waals surface area contributed by atoms with Crippen LogP contribution in [-0.4, -0.2) is 45.5 Å². The number of nitrogens with zero attached hydrogens (tertiary/aromatic N) is 3. The number of aromatic nitrogens is 2. The van der Waals surface area contributed by atoms with Crippen molar-refractivity contribution in [2.45, 2.75) is 44.8 Å². The maximum atomic E-state index is 12.9. The first-order valence-corrected chi connectivity index (χ1v) is 8.11. The molecule has 1 saturated heterocycles. The van der Waals surface area contributed by atoms with Gasteiger partial charge < -0.3 is 14.0 Å². The van der Waals surface area contributed by atoms with Crippen molar-refractivity contribution in [3.05, 3.63) is 35.8 Å². The monoisotopic (exact) mass is 299 g/mol. The number of ether oxygens (including phenoxy) is 1. The predicted octanol–water partition coefficient (Wildman–Crippen LogP) is 2.43. The van der Waals surface area contributed by atoms with Gasteiger partial charge in [0.1, 0.15) is 11.3 Å². The minimum Gasteiger partial charge on any atom is -0.374 e. The number of rotatable bonds is 1. The fourth-order valence-electron chi connectivity index (χ4n) is 3.75. The Hall–Kier alpha value is -1.88. The second kappa shape index (κ2) is 5.39. The Morgan fingerprint density at radius 2 is 2.18 bits per heavy atom. The van der Waals surface area contributed by atoms with Gasteiger partial charge in [-0.15, -0.1) is 0 Å². The van der Waals surface area contributed by atoms with E-state index in [1.807, 2.05) is 40.6 Å². The van der Waals surface area contributed by atoms with Gasteiger partial charge in [-0.3, -0.25) is 4.79 Å². The second-order valence-corrected chi connectivity index (χ2v) is 6.28. The van der Waals surface area contributed by atoms with Crippen molar-refractivity contribution in [3.63, 3.8) is 0 Å². The lowest BCUT2D eigenvalue weighted by Gasteiger charge is -2.43. The first-order chi connectivity index (χ1) is 10.7. The van der Waals surface area contributed by atoms with Crippen molar-refractivity contribution in [3.8, 4) is 0 Å². The van der Waals surface area contributed by atoms with Gasteiger partial charge in [0.25, 0.3) is 5.91 Å². The van der Waals surface area contributed by atoms with E-state index in [0.717, 1.165) is 24.2 Å². The van der Waals surface area contributed by atoms with Gasteiger partial charge in [0.05, 0.1) is 18.8 Å². The van der Waals surface area contributed by atoms with E-state index in [1.54, 1.807) is 0 Å². The molecule has 22 heavy (non-hydrogen) atoms. The molecule has 2 aromatic rings. The highest BCUT2D eigenvalue weighted by Gasteiger charge is 2.37. The first-order valence-electron chi connectivity index (χ1n) is 8.11. The standard InChI is InChI=1S/C17H21N3O2/c1-12-5-4-8-16-18-13(11-20(12)16)17(21)19-9-10-22-15-7-3-2-6-14(15)19/h4-5,8,11,14-15H,2-3,6-7,9-10H2,1H3/t14-,15-/m0/s1. The zero-order valence-electron chi connectivity index (χ0n) is 12.9. The first kappa shape index (κ1) is 13.8. The van der Waals surface area contributed by atoms with E-state index in [4.69, 9.17) is 4.74 Å². The van der Waals surface area contributed by atoms with E-state index in [0.29, 0.717) is 18.8 Å². The van der Waals surface area contributed by atoms with E-state index in [9.17, 15) is 4.79 Å². The van der Waals surface area contributed by atoms with Gasteiger partial charge in [0, 0.05) is 18.4 Å². The summed E-state index contributed by atoms with van der Waals surface area (Å²) in [6.07, 6.45) is 6.57. The van der Waals surface area contributed by atoms with Gasteiger partial charge in [-0.05, 0) is 31.9 Å². The molecule has 1 saturated carbocycles. The molecule has 0 bridgehead atoms. The normalized spacial score (nSPS) is 25.2. The lowest BCUT2D eigenvalue weighted by molar-refractivity contribution is -0.0754. The average molecular weight is 299 g/mol. The fourth-order valence-corrected chi connectivity index (χ4v) is 3.75. The Kier molecular flexibility index (Phi) is 3.37. The van der Waals surface area contributed by atoms with Crippen molar-refractivity contribution in [2.24, 2.45) is 0 Å². The topological polar surface area (TPSA) is 46.8 Å². The van der Waals surface area contributed by atoms with E-state index in [2.05, 4.69) is 4.98 Å². The van der Waals surface area contributed by atoms with E-state index in [-0.39, 0.29) is 18.1 Å². The molecule has 1 aliphatic heterocycles. The van der Waals surface area contributed by atoms with E-state index in [1.165, 1.54) is 12.8 Å². The second-order valence-electron chi connectivity index (χ2n) is 6.28. The van der Waals surface area contributed by atoms with Crippen LogP contribution in [0.1, 0.15) is 41.9 Å². The highest BCUT2D eigenvalue weighted by Crippen LogP contribution is 2.29. The molecule has 2 aliphatic rings. The lowest BCUT2D eigenvalue weighted by atomic mass is 9.90. The van der Waals surface area contributed by atoms with Crippen LogP contribution in [0.25, 0.3) is 5.65 Å². The van der Waals surface area contributed by atoms with E-state index < -0.39 is 0 Å². The summed E-state index contributed by atoms with van der Waals surface area (Å²) in [5.41, 5.74) is 2.46. The molecule has 1 aliphatic carbocycles. The van der Waals surface area contributed by atoms with Crippen LogP contribution < -0.4 is 0 Å². The summed E-state index contributed by atoms with van der Waals surface area (Å²) < 4.78 is 7.83. The van der Waals surface area contributed by atoms with Gasteiger partial charge in [0.2, 0.25) is 0 Å². The Bertz CT molecular complexity index is 707. The molecule has 5 nitrogen and oxygen atoms in total. The van der Waals surface area contributed by atoms with Gasteiger partial charge in [-0.2, -0.15) is 0 Å². The van der Waals surface area contributed by atoms with Crippen LogP contribution in [0.15, 0.2) is 24.4 Å². The summed E-state index contributed by atoms with van der Waals surface area (Å²) in [4.78, 5) is 19.4. The largest absolute Gasteiger partial charge is 0.374 e. The summed E-state index contributed by atoms with van der Waals surface area (Å²) in [5, 5.41) is 0. The van der Waals surface area contributed by atoms with Crippen molar-refractivity contribution in [2.75, 3.05) is 13.2 Å². The molecule has 2 fully saturated rings. The number of hydrogen-bond donors (Lipinski definition) is 0. The van der Waals surface area contributed by atoms with Crippen LogP contribution in [0.4, 0.5) is 0 Å². The molecular weight excluding hydrogens is 278 g/mol. The van der Waals surface area contributed by atoms with Crippen molar-refractivity contribution >= 4 is 11.6 Å². The number of carbonyl (C=O) groups excluding carboxylic acids is 1. The molecule has 0 N–H and O–H groups in total. The maximum absolute atomic E-state index is 12.9. The predicted molar refractivity (Wildman–Crippen MR) is 83.0 cm³/mol. The Morgan fingerprint density at radius 3 is 3.05 bits per heavy atom. The molecule has 0 aromatic carbocycles. The zero-order chi connectivity index (χ0) is 15.1. The molecule has 4 rings (SSSR count). The molecule has 0 radical (unpaired) electrons. The van der Waals surface area contributed by atoms with Crippen LogP contribution in [0.2, 0.25) is 0 Å². The van der Waals surface area contributed by atoms with Crippen molar-refractivity contribution < 1.29 is 9.53 Å². The highest BCUT2D eigenvalue weighted by atomic mass is 16.5. The summed E-state index contributed by atoms with van der Waals surface area (Å²) in [6, 6.07) is 6.15. The van der Waals surface area contributed by atoms with Crippen LogP contribution >= 0.6 is 0 Å². The average Bonchev–Trinajstić information content (AvgIpc) is 2.99. The third-order valence-corrected chi connectivity index (χ3v) is 4.91. The zero-order valence-corrected chi connectivity index (χ0v) is 12.9. The number of hydrogen-bond acceptors (Lipinski definition) is 3. The van der Waals surface area contributed by atoms with Gasteiger partial charge in [-0.25, -0.2) is 4.98 Å². The van der Waals surface area contributed by atoms with Gasteiger partial charge >= 0.3 is 0 Å². The molecule has 0 spiro atoms. The minimum atomic E-state index is 0.0447. The van der Waals surface area contributed by atoms with Gasteiger partial charge in [0.15, 0.2) is 0 Å². The molecule has 1 amide bonds. The fraction of sp³-hybridized carbons (Fsp3) is 0.529. The summed E-state index contributed by atoms with van der Waals surface area (Å²) in [5.74, 6) is 0.0447. The minimum absolute atomic E-state index is 0.0447. The third-order valence-electron chi connectivity index (χ3n) is 4.91. The number of fused-ring (bicyclic) bond motifs is 2. The molecule has 116 valence electrons. The lowest BCUT2D eigenvalue weighted by Crippen LogP contribution is -2.54. The Labute approximate surface area is 129 Å². The number of pyridine rings is 1.